The molecule has 2 aliphatic rings. The van der Waals surface area contributed by atoms with Crippen molar-refractivity contribution in [3.63, 3.8) is 0 Å². The molecule has 4 heteroatoms. The molecule has 24 heavy (non-hydrogen) atoms. The van der Waals surface area contributed by atoms with Crippen molar-refractivity contribution in [3.8, 4) is 0 Å². The first kappa shape index (κ1) is 16.7. The second kappa shape index (κ2) is 7.14. The summed E-state index contributed by atoms with van der Waals surface area (Å²) < 4.78 is 0. The van der Waals surface area contributed by atoms with Crippen molar-refractivity contribution in [1.82, 2.24) is 9.80 Å². The fourth-order valence-electron chi connectivity index (χ4n) is 3.26. The SMILES string of the molecule is C=C(C)N1C(c2ccccc2)=NC(=C/C)/C1=N\C(C)N1CCCC1. The minimum atomic E-state index is 0.157. The number of nitrogens with zero attached hydrogens (tertiary/aromatic N) is 4. The van der Waals surface area contributed by atoms with Crippen molar-refractivity contribution in [2.24, 2.45) is 9.98 Å². The number of rotatable bonds is 4. The smallest absolute Gasteiger partial charge is 0.161 e. The van der Waals surface area contributed by atoms with Crippen molar-refractivity contribution in [2.75, 3.05) is 13.1 Å². The molecule has 2 aliphatic heterocycles. The highest BCUT2D eigenvalue weighted by molar-refractivity contribution is 6.21. The van der Waals surface area contributed by atoms with Gasteiger partial charge in [0.2, 0.25) is 0 Å². The first-order chi connectivity index (χ1) is 11.6. The zero-order chi connectivity index (χ0) is 17.1. The van der Waals surface area contributed by atoms with Crippen molar-refractivity contribution in [2.45, 2.75) is 39.8 Å². The summed E-state index contributed by atoms with van der Waals surface area (Å²) in [5, 5.41) is 0. The molecule has 1 aromatic rings. The molecular formula is C20H26N4. The maximum atomic E-state index is 5.01. The van der Waals surface area contributed by atoms with Gasteiger partial charge >= 0.3 is 0 Å². The number of amidine groups is 2. The van der Waals surface area contributed by atoms with Gasteiger partial charge < -0.3 is 0 Å². The summed E-state index contributed by atoms with van der Waals surface area (Å²) in [5.74, 6) is 1.81. The molecule has 126 valence electrons. The topological polar surface area (TPSA) is 31.2 Å². The standard InChI is InChI=1S/C20H26N4/c1-5-18-20(21-16(4)23-13-9-10-14-23)24(15(2)3)19(22-18)17-11-7-6-8-12-17/h5-8,11-12,16H,2,9-10,13-14H2,1,3-4H3/b18-5+,21-20+. The first-order valence-electron chi connectivity index (χ1n) is 8.70. The van der Waals surface area contributed by atoms with E-state index in [9.17, 15) is 0 Å². The lowest BCUT2D eigenvalue weighted by atomic mass is 10.2. The fourth-order valence-corrected chi connectivity index (χ4v) is 3.26. The number of allylic oxidation sites excluding steroid dienone is 2. The molecule has 1 fully saturated rings. The fraction of sp³-hybridized carbons (Fsp3) is 0.400. The summed E-state index contributed by atoms with van der Waals surface area (Å²) in [6.07, 6.45) is 4.72. The number of likely N-dealkylation sites (tertiary alicyclic amines) is 1. The van der Waals surface area contributed by atoms with E-state index in [1.165, 1.54) is 12.8 Å². The van der Waals surface area contributed by atoms with Crippen LogP contribution in [0, 0.1) is 0 Å². The van der Waals surface area contributed by atoms with Crippen LogP contribution in [0.2, 0.25) is 0 Å². The van der Waals surface area contributed by atoms with E-state index in [-0.39, 0.29) is 6.17 Å². The molecule has 0 N–H and O–H groups in total. The van der Waals surface area contributed by atoms with Crippen LogP contribution in [0.5, 0.6) is 0 Å². The Labute approximate surface area is 144 Å². The molecule has 1 unspecified atom stereocenters. The van der Waals surface area contributed by atoms with Crippen LogP contribution >= 0.6 is 0 Å². The van der Waals surface area contributed by atoms with Crippen LogP contribution in [-0.4, -0.2) is 40.7 Å². The number of hydrogen-bond donors (Lipinski definition) is 0. The summed E-state index contributed by atoms with van der Waals surface area (Å²) in [7, 11) is 0. The molecule has 1 aromatic carbocycles. The lowest BCUT2D eigenvalue weighted by Crippen LogP contribution is -2.35. The van der Waals surface area contributed by atoms with Crippen molar-refractivity contribution < 1.29 is 0 Å². The summed E-state index contributed by atoms with van der Waals surface area (Å²) in [6, 6.07) is 10.2. The molecule has 1 saturated heterocycles. The minimum absolute atomic E-state index is 0.157. The normalized spacial score (nSPS) is 23.1. The zero-order valence-electron chi connectivity index (χ0n) is 14.9. The third-order valence-corrected chi connectivity index (χ3v) is 4.54. The van der Waals surface area contributed by atoms with Crippen molar-refractivity contribution in [1.29, 1.82) is 0 Å². The molecule has 0 aliphatic carbocycles. The van der Waals surface area contributed by atoms with Crippen LogP contribution in [0.3, 0.4) is 0 Å². The Bertz CT molecular complexity index is 694. The van der Waals surface area contributed by atoms with Crippen molar-refractivity contribution >= 4 is 11.7 Å². The van der Waals surface area contributed by atoms with Gasteiger partial charge in [0, 0.05) is 24.4 Å². The summed E-state index contributed by atoms with van der Waals surface area (Å²) in [4.78, 5) is 14.4. The Morgan fingerprint density at radius 1 is 1.25 bits per heavy atom. The van der Waals surface area contributed by atoms with Gasteiger partial charge in [-0.25, -0.2) is 9.98 Å². The second-order valence-electron chi connectivity index (χ2n) is 6.37. The van der Waals surface area contributed by atoms with E-state index in [2.05, 4.69) is 35.4 Å². The number of hydrogen-bond acceptors (Lipinski definition) is 3. The van der Waals surface area contributed by atoms with Gasteiger partial charge in [0.15, 0.2) is 5.84 Å². The molecule has 0 radical (unpaired) electrons. The highest BCUT2D eigenvalue weighted by Gasteiger charge is 2.30. The lowest BCUT2D eigenvalue weighted by molar-refractivity contribution is 0.266. The largest absolute Gasteiger partial charge is 0.282 e. The molecule has 3 rings (SSSR count). The number of aliphatic imine (C=N–C) groups is 2. The summed E-state index contributed by atoms with van der Waals surface area (Å²) in [6.45, 7) is 12.6. The maximum absolute atomic E-state index is 5.01. The van der Waals surface area contributed by atoms with Crippen molar-refractivity contribution in [3.05, 3.63) is 59.9 Å². The summed E-state index contributed by atoms with van der Waals surface area (Å²) >= 11 is 0. The average molecular weight is 322 g/mol. The van der Waals surface area contributed by atoms with Gasteiger partial charge in [0.25, 0.3) is 0 Å². The maximum Gasteiger partial charge on any atom is 0.161 e. The van der Waals surface area contributed by atoms with Crippen LogP contribution < -0.4 is 0 Å². The molecule has 1 atom stereocenters. The minimum Gasteiger partial charge on any atom is -0.282 e. The van der Waals surface area contributed by atoms with Crippen LogP contribution in [0.25, 0.3) is 0 Å². The van der Waals surface area contributed by atoms with Gasteiger partial charge in [0.05, 0.1) is 0 Å². The molecule has 0 spiro atoms. The van der Waals surface area contributed by atoms with Crippen LogP contribution in [0.15, 0.2) is 64.4 Å². The monoisotopic (exact) mass is 322 g/mol. The van der Waals surface area contributed by atoms with E-state index in [0.29, 0.717) is 0 Å². The molecule has 0 aromatic heterocycles. The first-order valence-corrected chi connectivity index (χ1v) is 8.70. The van der Waals surface area contributed by atoms with Gasteiger partial charge in [-0.05, 0) is 33.6 Å². The van der Waals surface area contributed by atoms with E-state index in [0.717, 1.165) is 41.7 Å². The molecule has 2 heterocycles. The Kier molecular flexibility index (Phi) is 4.95. The van der Waals surface area contributed by atoms with E-state index in [1.54, 1.807) is 0 Å². The van der Waals surface area contributed by atoms with E-state index in [4.69, 9.17) is 9.98 Å². The Morgan fingerprint density at radius 3 is 2.50 bits per heavy atom. The summed E-state index contributed by atoms with van der Waals surface area (Å²) in [5.41, 5.74) is 2.93. The van der Waals surface area contributed by atoms with Crippen LogP contribution in [-0.2, 0) is 0 Å². The quantitative estimate of drug-likeness (QED) is 0.838. The van der Waals surface area contributed by atoms with E-state index < -0.39 is 0 Å². The van der Waals surface area contributed by atoms with Crippen LogP contribution in [0.1, 0.15) is 39.2 Å². The lowest BCUT2D eigenvalue weighted by Gasteiger charge is -2.25. The van der Waals surface area contributed by atoms with Gasteiger partial charge in [-0.3, -0.25) is 9.80 Å². The number of benzene rings is 1. The Hall–Kier alpha value is -2.20. The second-order valence-corrected chi connectivity index (χ2v) is 6.37. The Morgan fingerprint density at radius 2 is 1.92 bits per heavy atom. The third kappa shape index (κ3) is 3.20. The van der Waals surface area contributed by atoms with E-state index >= 15 is 0 Å². The van der Waals surface area contributed by atoms with E-state index in [1.807, 2.05) is 38.1 Å². The molecule has 0 bridgehead atoms. The zero-order valence-corrected chi connectivity index (χ0v) is 14.9. The molecule has 4 nitrogen and oxygen atoms in total. The Balaban J connectivity index is 1.98. The molecule has 0 amide bonds. The predicted molar refractivity (Wildman–Crippen MR) is 101 cm³/mol. The van der Waals surface area contributed by atoms with Gasteiger partial charge in [-0.1, -0.05) is 43.0 Å². The highest BCUT2D eigenvalue weighted by atomic mass is 15.3. The third-order valence-electron chi connectivity index (χ3n) is 4.54. The predicted octanol–water partition coefficient (Wildman–Crippen LogP) is 4.03. The average Bonchev–Trinajstić information content (AvgIpc) is 3.23. The highest BCUT2D eigenvalue weighted by Crippen LogP contribution is 2.25. The van der Waals surface area contributed by atoms with Gasteiger partial charge in [-0.15, -0.1) is 0 Å². The van der Waals surface area contributed by atoms with Gasteiger partial charge in [0.1, 0.15) is 17.7 Å². The molecule has 0 saturated carbocycles. The van der Waals surface area contributed by atoms with Crippen LogP contribution in [0.4, 0.5) is 0 Å². The van der Waals surface area contributed by atoms with Gasteiger partial charge in [-0.2, -0.15) is 0 Å². The molecular weight excluding hydrogens is 296 g/mol.